The topological polar surface area (TPSA) is 99.7 Å². The summed E-state index contributed by atoms with van der Waals surface area (Å²) in [5.41, 5.74) is 2.30. The average molecular weight is 570 g/mol. The first kappa shape index (κ1) is 27.4. The largest absolute Gasteiger partial charge is 0.493 e. The van der Waals surface area contributed by atoms with Gasteiger partial charge in [0.2, 0.25) is 0 Å². The Hall–Kier alpha value is -3.81. The molecule has 0 bridgehead atoms. The minimum absolute atomic E-state index is 0.0868. The van der Waals surface area contributed by atoms with Crippen LogP contribution in [0.25, 0.3) is 0 Å². The zero-order valence-electron chi connectivity index (χ0n) is 23.4. The summed E-state index contributed by atoms with van der Waals surface area (Å²) >= 11 is 0. The number of ether oxygens (including phenoxy) is 4. The molecule has 0 saturated carbocycles. The molecule has 2 aromatic heterocycles. The highest BCUT2D eigenvalue weighted by Crippen LogP contribution is 2.37. The molecule has 218 valence electrons. The average Bonchev–Trinajstić information content (AvgIpc) is 3.33. The molecule has 1 atom stereocenters. The molecular formula is C28H33F2N7O4. The Morgan fingerprint density at radius 2 is 1.73 bits per heavy atom. The molecular weight excluding hydrogens is 536 g/mol. The first-order chi connectivity index (χ1) is 19.9. The van der Waals surface area contributed by atoms with Crippen molar-refractivity contribution >= 4 is 22.9 Å². The molecule has 2 saturated heterocycles. The number of aryl methyl sites for hydroxylation is 1. The summed E-state index contributed by atoms with van der Waals surface area (Å²) in [5, 5.41) is 7.82. The maximum Gasteiger partial charge on any atom is 0.193 e. The lowest BCUT2D eigenvalue weighted by atomic mass is 10.1. The molecule has 11 nitrogen and oxygen atoms in total. The van der Waals surface area contributed by atoms with Gasteiger partial charge < -0.3 is 28.8 Å². The maximum atomic E-state index is 15.4. The Morgan fingerprint density at radius 1 is 1.07 bits per heavy atom. The van der Waals surface area contributed by atoms with Gasteiger partial charge in [0.1, 0.15) is 11.2 Å². The number of pyridine rings is 1. The van der Waals surface area contributed by atoms with Crippen LogP contribution in [0.1, 0.15) is 12.5 Å². The lowest BCUT2D eigenvalue weighted by Gasteiger charge is -2.45. The molecule has 3 aliphatic rings. The molecule has 1 unspecified atom stereocenters. The summed E-state index contributed by atoms with van der Waals surface area (Å²) in [5.74, 6) is -1.56. The molecule has 3 aliphatic heterocycles. The first-order valence-corrected chi connectivity index (χ1v) is 13.5. The Morgan fingerprint density at radius 3 is 2.27 bits per heavy atom. The van der Waals surface area contributed by atoms with Gasteiger partial charge in [0.15, 0.2) is 29.0 Å². The number of aliphatic imine (C=N–C) groups is 1. The third-order valence-electron chi connectivity index (χ3n) is 7.72. The molecule has 1 aromatic carbocycles. The maximum absolute atomic E-state index is 15.4. The van der Waals surface area contributed by atoms with Crippen molar-refractivity contribution in [2.45, 2.75) is 31.6 Å². The van der Waals surface area contributed by atoms with Gasteiger partial charge in [-0.15, -0.1) is 0 Å². The van der Waals surface area contributed by atoms with Gasteiger partial charge >= 0.3 is 0 Å². The van der Waals surface area contributed by atoms with Gasteiger partial charge in [-0.2, -0.15) is 5.10 Å². The summed E-state index contributed by atoms with van der Waals surface area (Å²) in [7, 11) is 4.47. The van der Waals surface area contributed by atoms with Crippen molar-refractivity contribution in [3.8, 4) is 11.5 Å². The standard InChI is InChI=1S/C28H33F2N7O4/c1-16-26(17-10-31-35(2)11-17)34-28-20(32-16)5-6-23(33-27-24(29)21(38-3)9-22(39-4)25(27)30)37(28)8-7-36(18-12-40-13-18)19-14-41-15-19/h5-6,9-11,16,18-19,32H,7-8,12-15H2,1-4H3. The van der Waals surface area contributed by atoms with Crippen LogP contribution in [0.3, 0.4) is 0 Å². The van der Waals surface area contributed by atoms with E-state index in [1.54, 1.807) is 16.9 Å². The molecule has 2 fully saturated rings. The number of hydrogen-bond donors (Lipinski definition) is 1. The Labute approximate surface area is 236 Å². The van der Waals surface area contributed by atoms with E-state index in [1.807, 2.05) is 30.8 Å². The van der Waals surface area contributed by atoms with E-state index in [0.29, 0.717) is 50.8 Å². The van der Waals surface area contributed by atoms with Gasteiger partial charge in [0.05, 0.1) is 76.4 Å². The van der Waals surface area contributed by atoms with Crippen LogP contribution in [-0.2, 0) is 23.1 Å². The van der Waals surface area contributed by atoms with Crippen molar-refractivity contribution in [3.05, 3.63) is 53.3 Å². The van der Waals surface area contributed by atoms with Crippen molar-refractivity contribution in [1.82, 2.24) is 19.2 Å². The molecule has 41 heavy (non-hydrogen) atoms. The predicted molar refractivity (Wildman–Crippen MR) is 148 cm³/mol. The molecule has 1 N–H and O–H groups in total. The molecule has 3 aromatic rings. The van der Waals surface area contributed by atoms with Gasteiger partial charge in [-0.3, -0.25) is 9.58 Å². The molecule has 5 heterocycles. The fraction of sp³-hybridized carbons (Fsp3) is 0.464. The lowest BCUT2D eigenvalue weighted by Crippen LogP contribution is -2.60. The number of aromatic nitrogens is 3. The van der Waals surface area contributed by atoms with E-state index in [2.05, 4.69) is 20.3 Å². The summed E-state index contributed by atoms with van der Waals surface area (Å²) in [6.07, 6.45) is 3.67. The number of nitrogens with zero attached hydrogens (tertiary/aromatic N) is 6. The minimum Gasteiger partial charge on any atom is -0.493 e. The quantitative estimate of drug-likeness (QED) is 0.423. The van der Waals surface area contributed by atoms with Crippen LogP contribution in [0.5, 0.6) is 11.5 Å². The second-order valence-corrected chi connectivity index (χ2v) is 10.3. The summed E-state index contributed by atoms with van der Waals surface area (Å²) in [6.45, 7) is 5.77. The van der Waals surface area contributed by atoms with Gasteiger partial charge in [-0.25, -0.2) is 18.8 Å². The van der Waals surface area contributed by atoms with E-state index in [-0.39, 0.29) is 29.6 Å². The Kier molecular flexibility index (Phi) is 7.49. The number of halogens is 2. The van der Waals surface area contributed by atoms with Crippen molar-refractivity contribution in [1.29, 1.82) is 0 Å². The highest BCUT2D eigenvalue weighted by atomic mass is 19.1. The zero-order valence-corrected chi connectivity index (χ0v) is 23.4. The van der Waals surface area contributed by atoms with E-state index >= 15 is 8.78 Å². The molecule has 0 aliphatic carbocycles. The normalized spacial score (nSPS) is 19.3. The molecule has 13 heteroatoms. The van der Waals surface area contributed by atoms with E-state index in [1.165, 1.54) is 20.3 Å². The van der Waals surface area contributed by atoms with E-state index in [4.69, 9.17) is 23.9 Å². The number of nitrogens with one attached hydrogen (secondary N) is 1. The number of benzene rings is 1. The second kappa shape index (κ2) is 11.2. The van der Waals surface area contributed by atoms with Crippen LogP contribution in [0, 0.1) is 11.6 Å². The molecule has 0 spiro atoms. The van der Waals surface area contributed by atoms with Gasteiger partial charge in [0, 0.05) is 38.0 Å². The first-order valence-electron chi connectivity index (χ1n) is 13.5. The van der Waals surface area contributed by atoms with Crippen LogP contribution in [0.4, 0.5) is 26.0 Å². The second-order valence-electron chi connectivity index (χ2n) is 10.3. The van der Waals surface area contributed by atoms with E-state index in [0.717, 1.165) is 17.0 Å². The number of hydrogen-bond acceptors (Lipinski definition) is 9. The van der Waals surface area contributed by atoms with Crippen LogP contribution in [0.2, 0.25) is 0 Å². The van der Waals surface area contributed by atoms with Gasteiger partial charge in [-0.1, -0.05) is 0 Å². The third kappa shape index (κ3) is 5.09. The summed E-state index contributed by atoms with van der Waals surface area (Å²) < 4.78 is 55.6. The fourth-order valence-corrected chi connectivity index (χ4v) is 5.30. The van der Waals surface area contributed by atoms with Crippen LogP contribution >= 0.6 is 0 Å². The molecule has 6 rings (SSSR count). The Bertz CT molecular complexity index is 1500. The highest BCUT2D eigenvalue weighted by Gasteiger charge is 2.35. The van der Waals surface area contributed by atoms with Crippen LogP contribution < -0.4 is 20.3 Å². The van der Waals surface area contributed by atoms with Crippen molar-refractivity contribution in [2.75, 3.05) is 52.5 Å². The molecule has 0 amide bonds. The van der Waals surface area contributed by atoms with Crippen LogP contribution in [-0.4, -0.2) is 90.3 Å². The number of anilines is 1. The molecule has 0 radical (unpaired) electrons. The van der Waals surface area contributed by atoms with Gasteiger partial charge in [-0.05, 0) is 19.1 Å². The van der Waals surface area contributed by atoms with E-state index < -0.39 is 17.3 Å². The highest BCUT2D eigenvalue weighted by molar-refractivity contribution is 6.08. The number of fused-ring (bicyclic) bond motifs is 1. The van der Waals surface area contributed by atoms with Crippen molar-refractivity contribution in [3.63, 3.8) is 0 Å². The van der Waals surface area contributed by atoms with Crippen LogP contribution in [0.15, 0.2) is 40.6 Å². The van der Waals surface area contributed by atoms with Gasteiger partial charge in [0.25, 0.3) is 0 Å². The number of methoxy groups -OCH3 is 2. The van der Waals surface area contributed by atoms with Crippen molar-refractivity contribution < 1.29 is 27.7 Å². The Balaban J connectivity index is 1.50. The smallest absolute Gasteiger partial charge is 0.193 e. The SMILES string of the molecule is COc1cc(OC)c(F)c(N=c2ccc3c(n2CCN(C2COC2)C2COC2)N=C(c2cnn(C)c2)C(C)N3)c1F. The van der Waals surface area contributed by atoms with E-state index in [9.17, 15) is 0 Å². The predicted octanol–water partition coefficient (Wildman–Crippen LogP) is 2.78. The van der Waals surface area contributed by atoms with Crippen molar-refractivity contribution in [2.24, 2.45) is 17.0 Å². The third-order valence-corrected chi connectivity index (χ3v) is 7.72. The number of rotatable bonds is 9. The minimum atomic E-state index is -0.916. The monoisotopic (exact) mass is 569 g/mol. The lowest BCUT2D eigenvalue weighted by molar-refractivity contribution is -0.137. The summed E-state index contributed by atoms with van der Waals surface area (Å²) in [4.78, 5) is 11.9. The zero-order chi connectivity index (χ0) is 28.7. The summed E-state index contributed by atoms with van der Waals surface area (Å²) in [6, 6.07) is 5.21. The fourth-order valence-electron chi connectivity index (χ4n) is 5.30.